The van der Waals surface area contributed by atoms with E-state index in [0.29, 0.717) is 27.8 Å². The molecule has 1 saturated heterocycles. The fourth-order valence-electron chi connectivity index (χ4n) is 2.89. The van der Waals surface area contributed by atoms with Gasteiger partial charge in [-0.05, 0) is 42.5 Å². The van der Waals surface area contributed by atoms with Crippen LogP contribution in [0.15, 0.2) is 64.7 Å². The Bertz CT molecular complexity index is 1220. The van der Waals surface area contributed by atoms with Gasteiger partial charge in [0.15, 0.2) is 0 Å². The molecule has 1 aliphatic rings. The number of nitrogens with one attached hydrogen (secondary N) is 1. The maximum atomic E-state index is 12.7. The SMILES string of the molecule is O=C1N/C(=C/c2ccc(-c3ccc([N+](=O)[O-])cc3Cl)o2)C(=O)N1c1ccc(Cl)cc1. The lowest BCUT2D eigenvalue weighted by Crippen LogP contribution is -2.30. The van der Waals surface area contributed by atoms with Gasteiger partial charge in [-0.1, -0.05) is 23.2 Å². The Morgan fingerprint density at radius 3 is 2.43 bits per heavy atom. The molecule has 2 aromatic carbocycles. The standard InChI is InChI=1S/C20H11Cl2N3O5/c21-11-1-3-12(4-2-11)24-19(26)17(23-20(24)27)10-14-6-8-18(30-14)15-7-5-13(25(28)29)9-16(15)22/h1-10H,(H,23,27)/b17-10+. The zero-order valence-corrected chi connectivity index (χ0v) is 16.5. The van der Waals surface area contributed by atoms with E-state index in [1.54, 1.807) is 36.4 Å². The summed E-state index contributed by atoms with van der Waals surface area (Å²) in [6, 6.07) is 12.9. The molecule has 8 nitrogen and oxygen atoms in total. The number of anilines is 1. The number of amides is 3. The second-order valence-corrected chi connectivity index (χ2v) is 7.07. The Balaban J connectivity index is 1.60. The van der Waals surface area contributed by atoms with Crippen LogP contribution in [0.25, 0.3) is 17.4 Å². The van der Waals surface area contributed by atoms with Crippen LogP contribution in [0.2, 0.25) is 10.0 Å². The smallest absolute Gasteiger partial charge is 0.333 e. The number of furan rings is 1. The second-order valence-electron chi connectivity index (χ2n) is 6.23. The Labute approximate surface area is 179 Å². The number of halogens is 2. The summed E-state index contributed by atoms with van der Waals surface area (Å²) in [4.78, 5) is 36.2. The van der Waals surface area contributed by atoms with Gasteiger partial charge in [-0.2, -0.15) is 0 Å². The van der Waals surface area contributed by atoms with E-state index in [-0.39, 0.29) is 16.4 Å². The number of benzene rings is 2. The first-order chi connectivity index (χ1) is 14.3. The molecule has 150 valence electrons. The Morgan fingerprint density at radius 1 is 1.03 bits per heavy atom. The third kappa shape index (κ3) is 3.66. The number of hydrogen-bond donors (Lipinski definition) is 1. The van der Waals surface area contributed by atoms with Gasteiger partial charge in [-0.3, -0.25) is 14.9 Å². The molecular formula is C20H11Cl2N3O5. The highest BCUT2D eigenvalue weighted by Gasteiger charge is 2.35. The summed E-state index contributed by atoms with van der Waals surface area (Å²) in [6.45, 7) is 0. The van der Waals surface area contributed by atoms with Crippen LogP contribution in [0.1, 0.15) is 5.76 Å². The molecule has 3 aromatic rings. The van der Waals surface area contributed by atoms with Gasteiger partial charge in [0.05, 0.1) is 15.6 Å². The molecule has 0 spiro atoms. The first kappa shape index (κ1) is 19.7. The number of carbonyl (C=O) groups is 2. The molecule has 1 aromatic heterocycles. The average molecular weight is 444 g/mol. The van der Waals surface area contributed by atoms with Crippen LogP contribution < -0.4 is 10.2 Å². The van der Waals surface area contributed by atoms with Crippen LogP contribution in [0.5, 0.6) is 0 Å². The number of nitro benzene ring substituents is 1. The highest BCUT2D eigenvalue weighted by molar-refractivity contribution is 6.33. The number of imide groups is 1. The molecule has 4 rings (SSSR count). The Hall–Kier alpha value is -3.62. The van der Waals surface area contributed by atoms with Gasteiger partial charge in [-0.25, -0.2) is 9.69 Å². The van der Waals surface area contributed by atoms with E-state index in [1.807, 2.05) is 0 Å². The lowest BCUT2D eigenvalue weighted by Gasteiger charge is -2.11. The van der Waals surface area contributed by atoms with Gasteiger partial charge in [0.1, 0.15) is 17.2 Å². The minimum absolute atomic E-state index is 0.0330. The van der Waals surface area contributed by atoms with Crippen molar-refractivity contribution >= 4 is 52.6 Å². The molecule has 30 heavy (non-hydrogen) atoms. The summed E-state index contributed by atoms with van der Waals surface area (Å²) >= 11 is 12.0. The largest absolute Gasteiger partial charge is 0.457 e. The Kier molecular flexibility index (Phi) is 5.03. The van der Waals surface area contributed by atoms with Gasteiger partial charge in [0, 0.05) is 28.8 Å². The second kappa shape index (κ2) is 7.66. The number of nitrogens with zero attached hydrogens (tertiary/aromatic N) is 2. The van der Waals surface area contributed by atoms with Crippen molar-refractivity contribution in [3.05, 3.63) is 86.2 Å². The zero-order valence-electron chi connectivity index (χ0n) is 15.0. The Morgan fingerprint density at radius 2 is 1.77 bits per heavy atom. The molecule has 3 amide bonds. The van der Waals surface area contributed by atoms with Crippen LogP contribution in [0.3, 0.4) is 0 Å². The van der Waals surface area contributed by atoms with Crippen molar-refractivity contribution < 1.29 is 18.9 Å². The number of non-ortho nitro benzene ring substituents is 1. The summed E-state index contributed by atoms with van der Waals surface area (Å²) < 4.78 is 5.68. The quantitative estimate of drug-likeness (QED) is 0.256. The van der Waals surface area contributed by atoms with Crippen molar-refractivity contribution in [3.8, 4) is 11.3 Å². The summed E-state index contributed by atoms with van der Waals surface area (Å²) in [5.74, 6) is 0.0998. The monoisotopic (exact) mass is 443 g/mol. The van der Waals surface area contributed by atoms with E-state index in [1.165, 1.54) is 24.3 Å². The molecule has 0 radical (unpaired) electrons. The normalized spacial score (nSPS) is 15.0. The van der Waals surface area contributed by atoms with Gasteiger partial charge in [0.2, 0.25) is 0 Å². The summed E-state index contributed by atoms with van der Waals surface area (Å²) in [7, 11) is 0. The van der Waals surface area contributed by atoms with Crippen molar-refractivity contribution in [2.45, 2.75) is 0 Å². The van der Waals surface area contributed by atoms with Gasteiger partial charge >= 0.3 is 6.03 Å². The predicted octanol–water partition coefficient (Wildman–Crippen LogP) is 5.26. The van der Waals surface area contributed by atoms with Gasteiger partial charge in [0.25, 0.3) is 11.6 Å². The molecular weight excluding hydrogens is 433 g/mol. The zero-order chi connectivity index (χ0) is 21.4. The van der Waals surface area contributed by atoms with Crippen molar-refractivity contribution in [3.63, 3.8) is 0 Å². The number of carbonyl (C=O) groups excluding carboxylic acids is 2. The van der Waals surface area contributed by atoms with Crippen LogP contribution in [0.4, 0.5) is 16.2 Å². The molecule has 0 unspecified atom stereocenters. The number of nitro groups is 1. The van der Waals surface area contributed by atoms with Crippen LogP contribution >= 0.6 is 23.2 Å². The lowest BCUT2D eigenvalue weighted by atomic mass is 10.1. The summed E-state index contributed by atoms with van der Waals surface area (Å²) in [6.07, 6.45) is 1.39. The maximum Gasteiger partial charge on any atom is 0.333 e. The van der Waals surface area contributed by atoms with Crippen molar-refractivity contribution in [2.75, 3.05) is 4.90 Å². The van der Waals surface area contributed by atoms with E-state index < -0.39 is 16.9 Å². The highest BCUT2D eigenvalue weighted by atomic mass is 35.5. The fraction of sp³-hybridized carbons (Fsp3) is 0. The molecule has 0 saturated carbocycles. The van der Waals surface area contributed by atoms with Crippen LogP contribution in [-0.4, -0.2) is 16.9 Å². The van der Waals surface area contributed by atoms with Gasteiger partial charge in [-0.15, -0.1) is 0 Å². The predicted molar refractivity (Wildman–Crippen MR) is 111 cm³/mol. The van der Waals surface area contributed by atoms with Crippen molar-refractivity contribution in [1.29, 1.82) is 0 Å². The summed E-state index contributed by atoms with van der Waals surface area (Å²) in [5.41, 5.74) is 0.726. The summed E-state index contributed by atoms with van der Waals surface area (Å²) in [5, 5.41) is 14.0. The van der Waals surface area contributed by atoms with E-state index >= 15 is 0 Å². The van der Waals surface area contributed by atoms with Gasteiger partial charge < -0.3 is 9.73 Å². The van der Waals surface area contributed by atoms with E-state index in [4.69, 9.17) is 27.6 Å². The average Bonchev–Trinajstić information content (AvgIpc) is 3.27. The van der Waals surface area contributed by atoms with Crippen LogP contribution in [0, 0.1) is 10.1 Å². The van der Waals surface area contributed by atoms with Crippen molar-refractivity contribution in [2.24, 2.45) is 0 Å². The minimum atomic E-state index is -0.598. The van der Waals surface area contributed by atoms with E-state index in [0.717, 1.165) is 4.90 Å². The maximum absolute atomic E-state index is 12.7. The fourth-order valence-corrected chi connectivity index (χ4v) is 3.29. The third-order valence-corrected chi connectivity index (χ3v) is 4.87. The molecule has 10 heteroatoms. The third-order valence-electron chi connectivity index (χ3n) is 4.31. The van der Waals surface area contributed by atoms with E-state index in [9.17, 15) is 19.7 Å². The van der Waals surface area contributed by atoms with Crippen LogP contribution in [-0.2, 0) is 4.79 Å². The topological polar surface area (TPSA) is 106 Å². The molecule has 2 heterocycles. The number of hydrogen-bond acceptors (Lipinski definition) is 5. The van der Waals surface area contributed by atoms with Crippen molar-refractivity contribution in [1.82, 2.24) is 5.32 Å². The minimum Gasteiger partial charge on any atom is -0.457 e. The first-order valence-electron chi connectivity index (χ1n) is 8.50. The molecule has 0 aliphatic carbocycles. The first-order valence-corrected chi connectivity index (χ1v) is 9.26. The number of rotatable bonds is 4. The molecule has 1 fully saturated rings. The highest BCUT2D eigenvalue weighted by Crippen LogP contribution is 2.33. The molecule has 1 N–H and O–H groups in total. The number of urea groups is 1. The van der Waals surface area contributed by atoms with E-state index in [2.05, 4.69) is 5.32 Å². The molecule has 1 aliphatic heterocycles. The lowest BCUT2D eigenvalue weighted by molar-refractivity contribution is -0.384. The molecule has 0 atom stereocenters. The molecule has 0 bridgehead atoms.